The van der Waals surface area contributed by atoms with Crippen molar-refractivity contribution in [2.24, 2.45) is 0 Å². The Kier molecular flexibility index (Phi) is 23.3. The third-order valence-corrected chi connectivity index (χ3v) is 7.68. The molecule has 6 rings (SSSR count). The summed E-state index contributed by atoms with van der Waals surface area (Å²) in [6.45, 7) is 26.5. The fourth-order valence-electron chi connectivity index (χ4n) is 4.40. The van der Waals surface area contributed by atoms with Gasteiger partial charge in [0.1, 0.15) is 0 Å². The molecule has 6 heterocycles. The minimum Gasteiger partial charge on any atom is -0.822 e. The minimum atomic E-state index is -5.39. The first kappa shape index (κ1) is 50.1. The third-order valence-electron chi connectivity index (χ3n) is 7.68. The molecule has 47 heavy (non-hydrogen) atoms. The summed E-state index contributed by atoms with van der Waals surface area (Å²) in [5, 5.41) is 0. The van der Waals surface area contributed by atoms with Gasteiger partial charge < -0.3 is 61.9 Å². The summed E-state index contributed by atoms with van der Waals surface area (Å²) >= 11 is 0. The maximum absolute atomic E-state index is 8.55. The molecular formula is C30H42K3O13P. The van der Waals surface area contributed by atoms with Crippen LogP contribution in [0.5, 0.6) is 0 Å². The van der Waals surface area contributed by atoms with E-state index in [9.17, 15) is 0 Å². The zero-order chi connectivity index (χ0) is 32.6. The third kappa shape index (κ3) is 14.4. The van der Waals surface area contributed by atoms with Crippen LogP contribution in [0.2, 0.25) is 0 Å². The summed E-state index contributed by atoms with van der Waals surface area (Å²) < 4.78 is 57.7. The molecule has 6 fully saturated rings. The Morgan fingerprint density at radius 1 is 0.426 bits per heavy atom. The Morgan fingerprint density at radius 3 is 0.574 bits per heavy atom. The van der Waals surface area contributed by atoms with Crippen LogP contribution in [0, 0.1) is 0 Å². The Bertz CT molecular complexity index is 891. The Hall–Kier alpha value is 3.10. The van der Waals surface area contributed by atoms with Crippen LogP contribution in [-0.2, 0) is 47.2 Å². The number of rotatable bonds is 12. The molecule has 0 aromatic heterocycles. The van der Waals surface area contributed by atoms with E-state index in [1.807, 2.05) is 0 Å². The van der Waals surface area contributed by atoms with Gasteiger partial charge >= 0.3 is 154 Å². The van der Waals surface area contributed by atoms with E-state index in [2.05, 4.69) is 39.5 Å². The monoisotopic (exact) mass is 758 g/mol. The molecule has 0 saturated carbocycles. The predicted molar refractivity (Wildman–Crippen MR) is 152 cm³/mol. The average molecular weight is 759 g/mol. The van der Waals surface area contributed by atoms with Gasteiger partial charge in [0.15, 0.2) is 34.7 Å². The van der Waals surface area contributed by atoms with Gasteiger partial charge in [-0.1, -0.05) is 39.5 Å². The van der Waals surface area contributed by atoms with E-state index in [4.69, 9.17) is 61.9 Å². The molecule has 6 aliphatic heterocycles. The zero-order valence-corrected chi connectivity index (χ0v) is 38.2. The molecule has 17 heteroatoms. The van der Waals surface area contributed by atoms with Crippen molar-refractivity contribution < 1.29 is 216 Å². The van der Waals surface area contributed by atoms with Crippen LogP contribution in [0.1, 0.15) is 38.5 Å². The Balaban J connectivity index is 0.000000612. The predicted octanol–water partition coefficient (Wildman–Crippen LogP) is -6.99. The largest absolute Gasteiger partial charge is 1.00 e. The number of ether oxygens (including phenoxy) is 9. The van der Waals surface area contributed by atoms with Crippen LogP contribution >= 0.6 is 7.82 Å². The van der Waals surface area contributed by atoms with Gasteiger partial charge in [-0.3, -0.25) is 0 Å². The molecule has 0 spiro atoms. The first-order chi connectivity index (χ1) is 20.7. The first-order valence-electron chi connectivity index (χ1n) is 14.2. The summed E-state index contributed by atoms with van der Waals surface area (Å²) in [7, 11) is -5.39. The van der Waals surface area contributed by atoms with E-state index in [0.717, 1.165) is 78.2 Å². The normalized spacial score (nSPS) is 37.0. The molecule has 6 aliphatic rings. The van der Waals surface area contributed by atoms with Gasteiger partial charge in [0.05, 0.1) is 39.6 Å². The maximum atomic E-state index is 8.55. The van der Waals surface area contributed by atoms with Gasteiger partial charge in [-0.05, 0) is 36.5 Å². The van der Waals surface area contributed by atoms with E-state index in [-0.39, 0.29) is 154 Å². The first-order valence-corrected chi connectivity index (χ1v) is 15.7. The molecule has 0 aliphatic carbocycles. The molecule has 0 amide bonds. The second-order valence-electron chi connectivity index (χ2n) is 10.4. The van der Waals surface area contributed by atoms with Crippen molar-refractivity contribution in [1.29, 1.82) is 0 Å². The number of phosphoric acid groups is 1. The quantitative estimate of drug-likeness (QED) is 0.105. The van der Waals surface area contributed by atoms with Gasteiger partial charge in [-0.15, -0.1) is 0 Å². The van der Waals surface area contributed by atoms with Crippen molar-refractivity contribution in [3.8, 4) is 0 Å². The molecule has 13 nitrogen and oxygen atoms in total. The van der Waals surface area contributed by atoms with Crippen molar-refractivity contribution in [3.05, 3.63) is 75.9 Å². The second-order valence-corrected chi connectivity index (χ2v) is 11.3. The van der Waals surface area contributed by atoms with Crippen molar-refractivity contribution in [2.75, 3.05) is 39.6 Å². The van der Waals surface area contributed by atoms with E-state index >= 15 is 0 Å². The number of hydrogen-bond donors (Lipinski definition) is 0. The SMILES string of the molecule is C=CC1(OC2(C=C)CCO2)CCO1.C=CC1(OC2(C=C)CCO2)CCO1.C=CC1(OC2(C=C)CCO2)CCO1.O=P([O-])([O-])[O-].[K+].[K+].[K+]. The van der Waals surface area contributed by atoms with Gasteiger partial charge in [0.2, 0.25) is 0 Å². The second kappa shape index (κ2) is 21.9. The van der Waals surface area contributed by atoms with Crippen LogP contribution < -0.4 is 169 Å². The van der Waals surface area contributed by atoms with Crippen LogP contribution in [0.4, 0.5) is 0 Å². The summed E-state index contributed by atoms with van der Waals surface area (Å²) in [6.07, 6.45) is 15.2. The van der Waals surface area contributed by atoms with Gasteiger partial charge in [0, 0.05) is 38.5 Å². The summed E-state index contributed by atoms with van der Waals surface area (Å²) in [4.78, 5) is 25.6. The summed E-state index contributed by atoms with van der Waals surface area (Å²) in [5.41, 5.74) is 0. The fourth-order valence-corrected chi connectivity index (χ4v) is 4.40. The van der Waals surface area contributed by atoms with Crippen LogP contribution in [0.3, 0.4) is 0 Å². The Morgan fingerprint density at radius 2 is 0.532 bits per heavy atom. The number of hydrogen-bond acceptors (Lipinski definition) is 13. The van der Waals surface area contributed by atoms with E-state index in [0.29, 0.717) is 0 Å². The van der Waals surface area contributed by atoms with Crippen molar-refractivity contribution >= 4 is 7.82 Å². The van der Waals surface area contributed by atoms with Crippen molar-refractivity contribution in [1.82, 2.24) is 0 Å². The fraction of sp³-hybridized carbons (Fsp3) is 0.600. The maximum Gasteiger partial charge on any atom is 1.00 e. The van der Waals surface area contributed by atoms with Crippen molar-refractivity contribution in [2.45, 2.75) is 73.2 Å². The molecule has 6 atom stereocenters. The van der Waals surface area contributed by atoms with Gasteiger partial charge in [-0.25, -0.2) is 0 Å². The molecule has 6 unspecified atom stereocenters. The minimum absolute atomic E-state index is 0. The van der Waals surface area contributed by atoms with Crippen molar-refractivity contribution in [3.63, 3.8) is 0 Å². The molecule has 0 radical (unpaired) electrons. The standard InChI is InChI=1S/3C10H14O3.3K.H3O4P/c3*1-3-9(5-7-11-9)13-10(4-2)6-8-12-10;;;;1-5(2,3)4/h3*3-4H,1-2,5-8H2;;;;(H3,1,2,3,4)/q;;;3*+1;/p-3. The van der Waals surface area contributed by atoms with E-state index < -0.39 is 42.5 Å². The van der Waals surface area contributed by atoms with E-state index in [1.54, 1.807) is 36.5 Å². The molecule has 248 valence electrons. The summed E-state index contributed by atoms with van der Waals surface area (Å²) in [5.74, 6) is -3.78. The topological polar surface area (TPSA) is 169 Å². The zero-order valence-electron chi connectivity index (χ0n) is 27.9. The van der Waals surface area contributed by atoms with Crippen LogP contribution in [-0.4, -0.2) is 74.4 Å². The van der Waals surface area contributed by atoms with Crippen LogP contribution in [0.25, 0.3) is 0 Å². The van der Waals surface area contributed by atoms with Gasteiger partial charge in [0.25, 0.3) is 0 Å². The molecule has 0 N–H and O–H groups in total. The molecule has 0 bridgehead atoms. The summed E-state index contributed by atoms with van der Waals surface area (Å²) in [6, 6.07) is 0. The average Bonchev–Trinajstić information content (AvgIpc) is 2.86. The molecule has 0 aromatic rings. The molecule has 0 aromatic carbocycles. The van der Waals surface area contributed by atoms with Crippen LogP contribution in [0.15, 0.2) is 75.9 Å². The van der Waals surface area contributed by atoms with Gasteiger partial charge in [-0.2, -0.15) is 7.82 Å². The molecular weight excluding hydrogens is 717 g/mol. The van der Waals surface area contributed by atoms with E-state index in [1.165, 1.54) is 0 Å². The Labute approximate surface area is 405 Å². The molecule has 6 saturated heterocycles. The smallest absolute Gasteiger partial charge is 0.822 e.